The number of allylic oxidation sites excluding steroid dienone is 4. The number of rotatable bonds is 6. The zero-order chi connectivity index (χ0) is 34.1. The van der Waals surface area contributed by atoms with Gasteiger partial charge in [0, 0.05) is 33.2 Å². The van der Waals surface area contributed by atoms with Gasteiger partial charge in [-0.3, -0.25) is 0 Å². The van der Waals surface area contributed by atoms with Crippen LogP contribution in [-0.4, -0.2) is 19.5 Å². The Morgan fingerprint density at radius 2 is 1.08 bits per heavy atom. The molecular formula is C46H31N5. The number of nitrogens with zero attached hydrogens (tertiary/aromatic N) is 5. The quantitative estimate of drug-likeness (QED) is 0.168. The molecule has 0 radical (unpaired) electrons. The van der Waals surface area contributed by atoms with E-state index in [2.05, 4.69) is 119 Å². The van der Waals surface area contributed by atoms with E-state index in [-0.39, 0.29) is 0 Å². The van der Waals surface area contributed by atoms with Crippen LogP contribution >= 0.6 is 0 Å². The lowest BCUT2D eigenvalue weighted by Crippen LogP contribution is -2.05. The van der Waals surface area contributed by atoms with E-state index in [1.54, 1.807) is 0 Å². The second-order valence-corrected chi connectivity index (χ2v) is 12.6. The predicted molar refractivity (Wildman–Crippen MR) is 209 cm³/mol. The fourth-order valence-corrected chi connectivity index (χ4v) is 7.08. The van der Waals surface area contributed by atoms with E-state index >= 15 is 0 Å². The zero-order valence-corrected chi connectivity index (χ0v) is 27.7. The molecule has 2 heterocycles. The Kier molecular flexibility index (Phi) is 7.60. The van der Waals surface area contributed by atoms with Crippen LogP contribution in [0.5, 0.6) is 0 Å². The van der Waals surface area contributed by atoms with Crippen molar-refractivity contribution in [3.8, 4) is 50.7 Å². The predicted octanol–water partition coefficient (Wildman–Crippen LogP) is 11.9. The van der Waals surface area contributed by atoms with Crippen molar-refractivity contribution in [1.29, 1.82) is 0 Å². The van der Waals surface area contributed by atoms with Gasteiger partial charge in [0.05, 0.1) is 23.3 Å². The van der Waals surface area contributed by atoms with Crippen LogP contribution in [0, 0.1) is 6.57 Å². The van der Waals surface area contributed by atoms with Gasteiger partial charge in [-0.2, -0.15) is 0 Å². The van der Waals surface area contributed by atoms with Gasteiger partial charge in [0.1, 0.15) is 0 Å². The molecule has 0 unspecified atom stereocenters. The first kappa shape index (κ1) is 30.2. The summed E-state index contributed by atoms with van der Waals surface area (Å²) in [6.07, 6.45) is 8.48. The monoisotopic (exact) mass is 653 g/mol. The summed E-state index contributed by atoms with van der Waals surface area (Å²) >= 11 is 0. The molecule has 0 amide bonds. The van der Waals surface area contributed by atoms with E-state index in [9.17, 15) is 0 Å². The van der Waals surface area contributed by atoms with Crippen LogP contribution in [-0.2, 0) is 0 Å². The van der Waals surface area contributed by atoms with Crippen molar-refractivity contribution in [2.45, 2.75) is 12.8 Å². The highest BCUT2D eigenvalue weighted by molar-refractivity contribution is 6.11. The molecule has 0 N–H and O–H groups in total. The van der Waals surface area contributed by atoms with E-state index in [0.29, 0.717) is 23.2 Å². The third-order valence-corrected chi connectivity index (χ3v) is 9.47. The van der Waals surface area contributed by atoms with E-state index in [0.717, 1.165) is 79.3 Å². The maximum atomic E-state index is 7.74. The molecule has 0 atom stereocenters. The topological polar surface area (TPSA) is 48.0 Å². The van der Waals surface area contributed by atoms with Crippen molar-refractivity contribution in [1.82, 2.24) is 19.5 Å². The second-order valence-electron chi connectivity index (χ2n) is 12.6. The summed E-state index contributed by atoms with van der Waals surface area (Å²) in [6.45, 7) is 7.74. The molecule has 5 heteroatoms. The lowest BCUT2D eigenvalue weighted by Gasteiger charge is -2.21. The van der Waals surface area contributed by atoms with Crippen LogP contribution in [0.3, 0.4) is 0 Å². The summed E-state index contributed by atoms with van der Waals surface area (Å²) in [5, 5.41) is 2.15. The van der Waals surface area contributed by atoms with Gasteiger partial charge >= 0.3 is 0 Å². The highest BCUT2D eigenvalue weighted by Gasteiger charge is 2.23. The van der Waals surface area contributed by atoms with Gasteiger partial charge in [0.25, 0.3) is 0 Å². The molecule has 6 aromatic carbocycles. The molecule has 240 valence electrons. The molecule has 0 spiro atoms. The molecule has 9 rings (SSSR count). The highest BCUT2D eigenvalue weighted by atomic mass is 15.0. The Hall–Kier alpha value is -6.90. The number of para-hydroxylation sites is 1. The van der Waals surface area contributed by atoms with Gasteiger partial charge in [0.2, 0.25) is 0 Å². The lowest BCUT2D eigenvalue weighted by atomic mass is 9.92. The largest absolute Gasteiger partial charge is 0.308 e. The maximum Gasteiger partial charge on any atom is 0.188 e. The number of benzene rings is 6. The first-order valence-corrected chi connectivity index (χ1v) is 17.1. The first-order chi connectivity index (χ1) is 25.2. The first-order valence-electron chi connectivity index (χ1n) is 17.1. The Labute approximate surface area is 296 Å². The summed E-state index contributed by atoms with van der Waals surface area (Å²) in [4.78, 5) is 19.1. The molecule has 1 aliphatic rings. The minimum Gasteiger partial charge on any atom is -0.308 e. The number of aromatic nitrogens is 4. The zero-order valence-electron chi connectivity index (χ0n) is 27.7. The van der Waals surface area contributed by atoms with E-state index in [4.69, 9.17) is 21.5 Å². The fraction of sp³-hybridized carbons (Fsp3) is 0.0435. The minimum atomic E-state index is 0.614. The summed E-state index contributed by atoms with van der Waals surface area (Å²) in [5.74, 6) is 1.92. The van der Waals surface area contributed by atoms with Crippen molar-refractivity contribution >= 4 is 33.1 Å². The van der Waals surface area contributed by atoms with Crippen LogP contribution in [0.4, 0.5) is 5.69 Å². The van der Waals surface area contributed by atoms with Gasteiger partial charge in [-0.05, 0) is 59.7 Å². The molecule has 0 bridgehead atoms. The van der Waals surface area contributed by atoms with Crippen LogP contribution in [0.2, 0.25) is 0 Å². The van der Waals surface area contributed by atoms with E-state index in [1.165, 1.54) is 0 Å². The fourth-order valence-electron chi connectivity index (χ4n) is 7.08. The molecule has 0 saturated carbocycles. The summed E-state index contributed by atoms with van der Waals surface area (Å²) in [7, 11) is 0. The molecular weight excluding hydrogens is 623 g/mol. The standard InChI is InChI=1S/C46H31N5/c1-47-36-26-27-42-40(30-36)37-24-14-15-25-41(37)51(42)43-38(31-16-6-2-7-17-31)28-35(29-39(43)32-18-8-3-9-19-32)46-49-44(33-20-10-4-11-21-33)48-45(50-46)34-22-12-5-13-23-34/h2-4,6-12,14-30H,5,13H2. The molecule has 5 nitrogen and oxygen atoms in total. The molecule has 8 aromatic rings. The second kappa shape index (κ2) is 12.9. The summed E-state index contributed by atoms with van der Waals surface area (Å²) in [5.41, 5.74) is 10.9. The van der Waals surface area contributed by atoms with E-state index < -0.39 is 0 Å². The van der Waals surface area contributed by atoms with Gasteiger partial charge in [-0.25, -0.2) is 19.8 Å². The third-order valence-electron chi connectivity index (χ3n) is 9.47. The van der Waals surface area contributed by atoms with Crippen LogP contribution in [0.15, 0.2) is 164 Å². The number of hydrogen-bond acceptors (Lipinski definition) is 3. The SMILES string of the molecule is [C-]#[N+]c1ccc2c(c1)c1ccccc1n2-c1c(-c2ccccc2)cc(-c2nc(C3=CCCC=C3)nc(-c3ccccc3)n2)cc1-c1ccccc1. The summed E-state index contributed by atoms with van der Waals surface area (Å²) < 4.78 is 2.36. The van der Waals surface area contributed by atoms with Crippen molar-refractivity contribution in [2.75, 3.05) is 0 Å². The number of fused-ring (bicyclic) bond motifs is 3. The maximum absolute atomic E-state index is 7.74. The molecule has 0 fully saturated rings. The Morgan fingerprint density at radius 1 is 0.510 bits per heavy atom. The smallest absolute Gasteiger partial charge is 0.188 e. The summed E-state index contributed by atoms with van der Waals surface area (Å²) in [6, 6.07) is 50.1. The van der Waals surface area contributed by atoms with Crippen molar-refractivity contribution < 1.29 is 0 Å². The Balaban J connectivity index is 1.40. The average molecular weight is 654 g/mol. The van der Waals surface area contributed by atoms with Crippen molar-refractivity contribution in [3.63, 3.8) is 0 Å². The van der Waals surface area contributed by atoms with Crippen molar-refractivity contribution in [3.05, 3.63) is 181 Å². The Morgan fingerprint density at radius 3 is 1.71 bits per heavy atom. The number of hydrogen-bond donors (Lipinski definition) is 0. The lowest BCUT2D eigenvalue weighted by molar-refractivity contribution is 1.01. The Bertz CT molecular complexity index is 2620. The third kappa shape index (κ3) is 5.50. The molecule has 2 aromatic heterocycles. The van der Waals surface area contributed by atoms with Gasteiger partial charge < -0.3 is 4.57 Å². The normalized spacial score (nSPS) is 12.6. The van der Waals surface area contributed by atoms with Gasteiger partial charge in [-0.15, -0.1) is 0 Å². The van der Waals surface area contributed by atoms with Gasteiger partial charge in [-0.1, -0.05) is 133 Å². The van der Waals surface area contributed by atoms with Crippen molar-refractivity contribution in [2.24, 2.45) is 0 Å². The van der Waals surface area contributed by atoms with Crippen LogP contribution in [0.1, 0.15) is 18.7 Å². The molecule has 51 heavy (non-hydrogen) atoms. The molecule has 1 aliphatic carbocycles. The minimum absolute atomic E-state index is 0.614. The van der Waals surface area contributed by atoms with E-state index in [1.807, 2.05) is 54.6 Å². The van der Waals surface area contributed by atoms with Crippen LogP contribution in [0.25, 0.3) is 82.9 Å². The average Bonchev–Trinajstić information content (AvgIpc) is 3.54. The molecule has 0 saturated heterocycles. The highest BCUT2D eigenvalue weighted by Crippen LogP contribution is 2.44. The van der Waals surface area contributed by atoms with Gasteiger partial charge in [0.15, 0.2) is 23.2 Å². The molecule has 0 aliphatic heterocycles. The van der Waals surface area contributed by atoms with Crippen LogP contribution < -0.4 is 0 Å².